The number of aryl methyl sites for hydroxylation is 2. The average Bonchev–Trinajstić information content (AvgIpc) is 2.32. The molecule has 1 aromatic carbocycles. The van der Waals surface area contributed by atoms with Crippen molar-refractivity contribution in [2.75, 3.05) is 5.32 Å². The minimum Gasteiger partial charge on any atom is -0.478 e. The Morgan fingerprint density at radius 1 is 1.26 bits per heavy atom. The number of benzene rings is 1. The monoisotopic (exact) mass is 260 g/mol. The fourth-order valence-electron chi connectivity index (χ4n) is 1.76. The molecule has 0 saturated carbocycles. The molecule has 4 nitrogen and oxygen atoms in total. The van der Waals surface area contributed by atoms with Crippen LogP contribution in [0.3, 0.4) is 0 Å². The van der Waals surface area contributed by atoms with Crippen molar-refractivity contribution in [2.24, 2.45) is 0 Å². The Morgan fingerprint density at radius 2 is 2.00 bits per heavy atom. The van der Waals surface area contributed by atoms with Crippen LogP contribution in [0.5, 0.6) is 0 Å². The minimum atomic E-state index is -1.01. The Kier molecular flexibility index (Phi) is 3.46. The smallest absolute Gasteiger partial charge is 0.337 e. The summed E-state index contributed by atoms with van der Waals surface area (Å²) in [7, 11) is 0. The van der Waals surface area contributed by atoms with Gasteiger partial charge in [0.2, 0.25) is 0 Å². The van der Waals surface area contributed by atoms with E-state index >= 15 is 0 Å². The largest absolute Gasteiger partial charge is 0.478 e. The van der Waals surface area contributed by atoms with E-state index in [0.29, 0.717) is 11.5 Å². The van der Waals surface area contributed by atoms with Crippen LogP contribution in [0, 0.1) is 19.7 Å². The number of pyridine rings is 1. The molecule has 0 spiro atoms. The van der Waals surface area contributed by atoms with Gasteiger partial charge in [-0.25, -0.2) is 14.2 Å². The Balaban J connectivity index is 2.29. The highest BCUT2D eigenvalue weighted by Gasteiger charge is 2.09. The lowest BCUT2D eigenvalue weighted by molar-refractivity contribution is 0.0695. The Hall–Kier alpha value is -2.43. The summed E-state index contributed by atoms with van der Waals surface area (Å²) < 4.78 is 13.0. The highest BCUT2D eigenvalue weighted by molar-refractivity contribution is 5.89. The maximum atomic E-state index is 13.0. The Labute approximate surface area is 109 Å². The number of hydrogen-bond acceptors (Lipinski definition) is 3. The number of nitrogens with zero attached hydrogens (tertiary/aromatic N) is 1. The van der Waals surface area contributed by atoms with Crippen LogP contribution in [-0.2, 0) is 0 Å². The second kappa shape index (κ2) is 5.06. The van der Waals surface area contributed by atoms with Gasteiger partial charge in [0.15, 0.2) is 0 Å². The molecule has 0 atom stereocenters. The van der Waals surface area contributed by atoms with Gasteiger partial charge >= 0.3 is 5.97 Å². The fourth-order valence-corrected chi connectivity index (χ4v) is 1.76. The third kappa shape index (κ3) is 2.88. The van der Waals surface area contributed by atoms with E-state index in [1.165, 1.54) is 18.2 Å². The SMILES string of the molecule is Cc1cc(F)ccc1Nc1ccc(C(=O)O)c(C)n1. The molecular formula is C14H13FN2O2. The summed E-state index contributed by atoms with van der Waals surface area (Å²) in [6.45, 7) is 3.41. The summed E-state index contributed by atoms with van der Waals surface area (Å²) in [5.74, 6) is -0.778. The molecule has 1 aromatic heterocycles. The summed E-state index contributed by atoms with van der Waals surface area (Å²) >= 11 is 0. The predicted molar refractivity (Wildman–Crippen MR) is 70.4 cm³/mol. The first-order valence-electron chi connectivity index (χ1n) is 5.71. The lowest BCUT2D eigenvalue weighted by Crippen LogP contribution is -2.04. The van der Waals surface area contributed by atoms with E-state index in [-0.39, 0.29) is 11.4 Å². The topological polar surface area (TPSA) is 62.2 Å². The summed E-state index contributed by atoms with van der Waals surface area (Å²) in [5.41, 5.74) is 2.08. The van der Waals surface area contributed by atoms with E-state index in [9.17, 15) is 9.18 Å². The maximum absolute atomic E-state index is 13.0. The number of carbonyl (C=O) groups is 1. The number of anilines is 2. The lowest BCUT2D eigenvalue weighted by Gasteiger charge is -2.10. The van der Waals surface area contributed by atoms with Crippen LogP contribution in [0.15, 0.2) is 30.3 Å². The van der Waals surface area contributed by atoms with Gasteiger partial charge < -0.3 is 10.4 Å². The number of rotatable bonds is 3. The zero-order valence-electron chi connectivity index (χ0n) is 10.6. The molecule has 0 aliphatic heterocycles. The Bertz CT molecular complexity index is 641. The van der Waals surface area contributed by atoms with E-state index in [0.717, 1.165) is 11.3 Å². The highest BCUT2D eigenvalue weighted by Crippen LogP contribution is 2.21. The van der Waals surface area contributed by atoms with Crippen molar-refractivity contribution in [1.29, 1.82) is 0 Å². The molecule has 19 heavy (non-hydrogen) atoms. The molecule has 0 fully saturated rings. The number of carboxylic acids is 1. The molecule has 5 heteroatoms. The summed E-state index contributed by atoms with van der Waals surface area (Å²) in [6.07, 6.45) is 0. The molecule has 0 saturated heterocycles. The van der Waals surface area contributed by atoms with Gasteiger partial charge in [-0.2, -0.15) is 0 Å². The molecule has 1 heterocycles. The third-order valence-corrected chi connectivity index (χ3v) is 2.77. The second-order valence-electron chi connectivity index (χ2n) is 4.22. The van der Waals surface area contributed by atoms with Crippen molar-refractivity contribution in [3.05, 3.63) is 53.0 Å². The highest BCUT2D eigenvalue weighted by atomic mass is 19.1. The summed E-state index contributed by atoms with van der Waals surface area (Å²) in [5, 5.41) is 12.0. The zero-order chi connectivity index (χ0) is 14.0. The zero-order valence-corrected chi connectivity index (χ0v) is 10.6. The number of halogens is 1. The molecule has 98 valence electrons. The van der Waals surface area contributed by atoms with Crippen molar-refractivity contribution in [3.63, 3.8) is 0 Å². The first-order chi connectivity index (χ1) is 8.97. The number of aromatic carboxylic acids is 1. The van der Waals surface area contributed by atoms with Crippen molar-refractivity contribution in [2.45, 2.75) is 13.8 Å². The van der Waals surface area contributed by atoms with Gasteiger partial charge in [0, 0.05) is 5.69 Å². The summed E-state index contributed by atoms with van der Waals surface area (Å²) in [6, 6.07) is 7.46. The number of hydrogen-bond donors (Lipinski definition) is 2. The Morgan fingerprint density at radius 3 is 2.58 bits per heavy atom. The molecule has 2 aromatic rings. The fraction of sp³-hybridized carbons (Fsp3) is 0.143. The first-order valence-corrected chi connectivity index (χ1v) is 5.71. The van der Waals surface area contributed by atoms with Gasteiger partial charge in [-0.05, 0) is 49.7 Å². The van der Waals surface area contributed by atoms with Crippen molar-refractivity contribution in [3.8, 4) is 0 Å². The molecule has 0 aliphatic carbocycles. The minimum absolute atomic E-state index is 0.168. The van der Waals surface area contributed by atoms with Crippen molar-refractivity contribution >= 4 is 17.5 Å². The van der Waals surface area contributed by atoms with Crippen LogP contribution < -0.4 is 5.32 Å². The van der Waals surface area contributed by atoms with Crippen LogP contribution in [0.4, 0.5) is 15.9 Å². The van der Waals surface area contributed by atoms with Crippen LogP contribution in [0.25, 0.3) is 0 Å². The van der Waals surface area contributed by atoms with E-state index in [4.69, 9.17) is 5.11 Å². The van der Waals surface area contributed by atoms with Crippen LogP contribution in [0.1, 0.15) is 21.6 Å². The molecule has 0 bridgehead atoms. The summed E-state index contributed by atoms with van der Waals surface area (Å²) in [4.78, 5) is 15.0. The van der Waals surface area contributed by atoms with Gasteiger partial charge in [-0.15, -0.1) is 0 Å². The number of carboxylic acid groups (broad SMARTS) is 1. The molecular weight excluding hydrogens is 247 g/mol. The van der Waals surface area contributed by atoms with E-state index in [1.807, 2.05) is 0 Å². The van der Waals surface area contributed by atoms with Crippen LogP contribution in [-0.4, -0.2) is 16.1 Å². The van der Waals surface area contributed by atoms with Crippen LogP contribution in [0.2, 0.25) is 0 Å². The maximum Gasteiger partial charge on any atom is 0.337 e. The van der Waals surface area contributed by atoms with E-state index in [1.54, 1.807) is 26.0 Å². The van der Waals surface area contributed by atoms with E-state index in [2.05, 4.69) is 10.3 Å². The van der Waals surface area contributed by atoms with Gasteiger partial charge in [0.1, 0.15) is 11.6 Å². The predicted octanol–water partition coefficient (Wildman–Crippen LogP) is 3.28. The van der Waals surface area contributed by atoms with Crippen molar-refractivity contribution in [1.82, 2.24) is 4.98 Å². The standard InChI is InChI=1S/C14H13FN2O2/c1-8-7-10(15)3-5-12(8)17-13-6-4-11(14(18)19)9(2)16-13/h3-7H,1-2H3,(H,16,17)(H,18,19). The van der Waals surface area contributed by atoms with Gasteiger partial charge in [0.25, 0.3) is 0 Å². The van der Waals surface area contributed by atoms with Crippen molar-refractivity contribution < 1.29 is 14.3 Å². The van der Waals surface area contributed by atoms with E-state index < -0.39 is 5.97 Å². The molecule has 0 aliphatic rings. The third-order valence-electron chi connectivity index (χ3n) is 2.77. The first kappa shape index (κ1) is 13.0. The van der Waals surface area contributed by atoms with Gasteiger partial charge in [-0.3, -0.25) is 0 Å². The average molecular weight is 260 g/mol. The normalized spacial score (nSPS) is 10.3. The molecule has 2 N–H and O–H groups in total. The van der Waals surface area contributed by atoms with Gasteiger partial charge in [-0.1, -0.05) is 0 Å². The second-order valence-corrected chi connectivity index (χ2v) is 4.22. The number of aromatic nitrogens is 1. The molecule has 0 amide bonds. The van der Waals surface area contributed by atoms with Gasteiger partial charge in [0.05, 0.1) is 11.3 Å². The quantitative estimate of drug-likeness (QED) is 0.889. The van der Waals surface area contributed by atoms with Crippen LogP contribution >= 0.6 is 0 Å². The number of nitrogens with one attached hydrogen (secondary N) is 1. The molecule has 0 radical (unpaired) electrons. The molecule has 2 rings (SSSR count). The lowest BCUT2D eigenvalue weighted by atomic mass is 10.2. The molecule has 0 unspecified atom stereocenters.